The maximum Gasteiger partial charge on any atom is 0.360 e. The molecule has 0 radical (unpaired) electrons. The van der Waals surface area contributed by atoms with Crippen molar-refractivity contribution < 1.29 is 14.5 Å². The molecule has 1 aliphatic heterocycles. The highest BCUT2D eigenvalue weighted by atomic mass is 32.2. The molecule has 238 valence electrons. The van der Waals surface area contributed by atoms with E-state index in [-0.39, 0.29) is 11.5 Å². The van der Waals surface area contributed by atoms with E-state index < -0.39 is 0 Å². The van der Waals surface area contributed by atoms with Gasteiger partial charge in [-0.15, -0.1) is 0 Å². The average molecular weight is 668 g/mol. The third-order valence-electron chi connectivity index (χ3n) is 8.36. The summed E-state index contributed by atoms with van der Waals surface area (Å²) in [6.07, 6.45) is 0. The quantitative estimate of drug-likeness (QED) is 0.119. The van der Waals surface area contributed by atoms with Crippen LogP contribution in [-0.4, -0.2) is 31.3 Å². The second-order valence-corrected chi connectivity index (χ2v) is 13.9. The highest BCUT2D eigenvalue weighted by Gasteiger charge is 2.43. The number of hydrogen-bond donors (Lipinski definition) is 1. The van der Waals surface area contributed by atoms with E-state index >= 15 is 0 Å². The van der Waals surface area contributed by atoms with Gasteiger partial charge in [0.1, 0.15) is 18.8 Å². The lowest BCUT2D eigenvalue weighted by Gasteiger charge is -2.23. The van der Waals surface area contributed by atoms with Crippen LogP contribution in [0.1, 0.15) is 39.7 Å². The molecule has 48 heavy (non-hydrogen) atoms. The Balaban J connectivity index is 1.20. The van der Waals surface area contributed by atoms with Crippen LogP contribution in [0.2, 0.25) is 0 Å². The van der Waals surface area contributed by atoms with Crippen molar-refractivity contribution in [1.82, 2.24) is 4.98 Å². The van der Waals surface area contributed by atoms with Crippen molar-refractivity contribution in [2.75, 3.05) is 4.90 Å². The average Bonchev–Trinajstić information content (AvgIpc) is 3.68. The van der Waals surface area contributed by atoms with Crippen LogP contribution in [0.5, 0.6) is 0 Å². The van der Waals surface area contributed by atoms with E-state index in [0.717, 1.165) is 21.7 Å². The van der Waals surface area contributed by atoms with Gasteiger partial charge < -0.3 is 10.0 Å². The van der Waals surface area contributed by atoms with Gasteiger partial charge in [0, 0.05) is 31.8 Å². The number of rotatable bonds is 10. The van der Waals surface area contributed by atoms with E-state index in [1.807, 2.05) is 86.6 Å². The minimum Gasteiger partial charge on any atom is -0.506 e. The molecule has 0 saturated carbocycles. The molecule has 2 heterocycles. The van der Waals surface area contributed by atoms with Gasteiger partial charge in [-0.25, -0.2) is 9.56 Å². The van der Waals surface area contributed by atoms with Gasteiger partial charge in [-0.1, -0.05) is 133 Å². The number of amidine groups is 1. The second-order valence-electron chi connectivity index (χ2n) is 11.9. The summed E-state index contributed by atoms with van der Waals surface area (Å²) in [5, 5.41) is 13.1. The van der Waals surface area contributed by atoms with Gasteiger partial charge in [0.2, 0.25) is 5.78 Å². The molecule has 5 aromatic rings. The fraction of sp³-hybridized carbons (Fsp3) is 0.150. The molecule has 0 amide bonds. The lowest BCUT2D eigenvalue weighted by atomic mass is 9.85. The number of carbonyl (C=O) groups excluding carboxylic acids is 1. The molecule has 1 N–H and O–H groups in total. The first-order valence-electron chi connectivity index (χ1n) is 15.9. The zero-order valence-electron chi connectivity index (χ0n) is 26.8. The molecule has 4 aromatic carbocycles. The Morgan fingerprint density at radius 3 is 1.65 bits per heavy atom. The van der Waals surface area contributed by atoms with Crippen molar-refractivity contribution in [2.24, 2.45) is 4.99 Å². The van der Waals surface area contributed by atoms with Gasteiger partial charge in [0.15, 0.2) is 10.8 Å². The lowest BCUT2D eigenvalue weighted by molar-refractivity contribution is -0.558. The van der Waals surface area contributed by atoms with Gasteiger partial charge in [-0.2, -0.15) is 0 Å². The number of anilines is 1. The van der Waals surface area contributed by atoms with Crippen LogP contribution in [-0.2, 0) is 31.0 Å². The summed E-state index contributed by atoms with van der Waals surface area (Å²) in [4.78, 5) is 27.4. The summed E-state index contributed by atoms with van der Waals surface area (Å²) in [7, 11) is 0. The van der Waals surface area contributed by atoms with E-state index in [9.17, 15) is 9.90 Å². The van der Waals surface area contributed by atoms with Crippen LogP contribution in [0.25, 0.3) is 5.57 Å². The molecule has 6 nitrogen and oxygen atoms in total. The Bertz CT molecular complexity index is 2000. The molecule has 0 spiro atoms. The minimum absolute atomic E-state index is 0.0203. The van der Waals surface area contributed by atoms with Gasteiger partial charge >= 0.3 is 5.17 Å². The number of aryl methyl sites for hydroxylation is 1. The number of aliphatic hydroxyl groups excluding tert-OH is 1. The SMILES string of the molecule is CC1=NC(=[N+](Cc2ccccc2)Cc2ccccc2)SC1=C1C(=O)C(c2sc(N(Cc3ccccc3)Cc3ccccc3)nc2C)=C1O. The van der Waals surface area contributed by atoms with E-state index in [4.69, 9.17) is 9.98 Å². The molecule has 1 aliphatic carbocycles. The molecular formula is C40H35N4O2S2+. The topological polar surface area (TPSA) is 68.8 Å². The number of carbonyl (C=O) groups is 1. The number of thiazole rings is 1. The van der Waals surface area contributed by atoms with Crippen molar-refractivity contribution in [3.63, 3.8) is 0 Å². The second kappa shape index (κ2) is 14.0. The van der Waals surface area contributed by atoms with Gasteiger partial charge in [-0.3, -0.25) is 4.79 Å². The number of benzene rings is 4. The third-order valence-corrected chi connectivity index (χ3v) is 10.8. The fourth-order valence-electron chi connectivity index (χ4n) is 5.92. The zero-order chi connectivity index (χ0) is 33.0. The minimum atomic E-state index is -0.167. The fourth-order valence-corrected chi connectivity index (χ4v) is 8.14. The number of thioether (sulfide) groups is 1. The Morgan fingerprint density at radius 1 is 0.688 bits per heavy atom. The summed E-state index contributed by atoms with van der Waals surface area (Å²) in [6.45, 7) is 6.50. The number of aliphatic imine (C=N–C) groups is 1. The summed E-state index contributed by atoms with van der Waals surface area (Å²) in [5.74, 6) is -0.147. The summed E-state index contributed by atoms with van der Waals surface area (Å²) in [6, 6.07) is 41.2. The molecule has 0 atom stereocenters. The standard InChI is InChI=1S/C40H34N4O2S2/c1-27-37(47-39(41-27)43(23-29-15-7-3-8-16-29)24-30-17-9-4-10-18-30)33-35(45)34(36(33)46)38-28(2)42-40(48-38)44(25-31-19-11-5-12-20-31)26-32-21-13-6-14-22-32/h3-22H,23-26H2,1-2H3/p+1. The highest BCUT2D eigenvalue weighted by molar-refractivity contribution is 8.18. The largest absolute Gasteiger partial charge is 0.506 e. The third kappa shape index (κ3) is 6.68. The smallest absolute Gasteiger partial charge is 0.360 e. The van der Waals surface area contributed by atoms with Gasteiger partial charge in [-0.05, 0) is 34.2 Å². The molecule has 8 heteroatoms. The Kier molecular flexibility index (Phi) is 9.18. The first kappa shape index (κ1) is 31.5. The van der Waals surface area contributed by atoms with E-state index in [0.29, 0.717) is 47.1 Å². The monoisotopic (exact) mass is 667 g/mol. The lowest BCUT2D eigenvalue weighted by Crippen LogP contribution is -2.23. The molecule has 0 unspecified atom stereocenters. The number of allylic oxidation sites excluding steroid dienone is 3. The first-order chi connectivity index (χ1) is 23.4. The highest BCUT2D eigenvalue weighted by Crippen LogP contribution is 2.46. The zero-order valence-corrected chi connectivity index (χ0v) is 28.5. The van der Waals surface area contributed by atoms with Crippen molar-refractivity contribution >= 4 is 50.5 Å². The Hall–Kier alpha value is -5.05. The van der Waals surface area contributed by atoms with Crippen LogP contribution in [0.3, 0.4) is 0 Å². The summed E-state index contributed by atoms with van der Waals surface area (Å²) in [5.41, 5.74) is 6.82. The number of aromatic nitrogens is 1. The van der Waals surface area contributed by atoms with Crippen molar-refractivity contribution in [3.05, 3.63) is 170 Å². The van der Waals surface area contributed by atoms with E-state index in [1.54, 1.807) is 0 Å². The van der Waals surface area contributed by atoms with Crippen LogP contribution in [0.4, 0.5) is 5.13 Å². The number of nitrogens with zero attached hydrogens (tertiary/aromatic N) is 4. The maximum absolute atomic E-state index is 13.9. The Morgan fingerprint density at radius 2 is 1.17 bits per heavy atom. The molecule has 7 rings (SSSR count). The summed E-state index contributed by atoms with van der Waals surface area (Å²) < 4.78 is 2.23. The number of hydrogen-bond acceptors (Lipinski definition) is 6. The van der Waals surface area contributed by atoms with Crippen molar-refractivity contribution in [3.8, 4) is 0 Å². The molecule has 0 saturated heterocycles. The van der Waals surface area contributed by atoms with Crippen molar-refractivity contribution in [1.29, 1.82) is 0 Å². The van der Waals surface area contributed by atoms with Gasteiger partial charge in [0.25, 0.3) is 0 Å². The van der Waals surface area contributed by atoms with Crippen LogP contribution in [0.15, 0.2) is 143 Å². The predicted octanol–water partition coefficient (Wildman–Crippen LogP) is 8.74. The molecular weight excluding hydrogens is 633 g/mol. The molecule has 0 bridgehead atoms. The normalized spacial score (nSPS) is 15.8. The van der Waals surface area contributed by atoms with E-state index in [1.165, 1.54) is 45.4 Å². The first-order valence-corrected chi connectivity index (χ1v) is 17.5. The summed E-state index contributed by atoms with van der Waals surface area (Å²) >= 11 is 2.91. The predicted molar refractivity (Wildman–Crippen MR) is 197 cm³/mol. The Labute approximate surface area is 289 Å². The number of aliphatic hydroxyl groups is 1. The molecule has 2 aliphatic rings. The van der Waals surface area contributed by atoms with Crippen molar-refractivity contribution in [2.45, 2.75) is 40.0 Å². The van der Waals surface area contributed by atoms with Crippen LogP contribution < -0.4 is 4.90 Å². The van der Waals surface area contributed by atoms with Crippen LogP contribution in [0, 0.1) is 6.92 Å². The molecule has 1 aromatic heterocycles. The van der Waals surface area contributed by atoms with E-state index in [2.05, 4.69) is 58.0 Å². The molecule has 0 fully saturated rings. The van der Waals surface area contributed by atoms with Gasteiger partial charge in [0.05, 0.1) is 26.6 Å². The maximum atomic E-state index is 13.9. The van der Waals surface area contributed by atoms with Crippen LogP contribution >= 0.6 is 23.1 Å². The number of Topliss-reactive ketones (excluding diaryl/α,β-unsaturated/α-hetero) is 1. The number of ketones is 1.